The molecule has 2 amide bonds. The van der Waals surface area contributed by atoms with Crippen LogP contribution >= 0.6 is 0 Å². The Labute approximate surface area is 215 Å². The summed E-state index contributed by atoms with van der Waals surface area (Å²) in [6.07, 6.45) is 1.57. The molecule has 7 nitrogen and oxygen atoms in total. The summed E-state index contributed by atoms with van der Waals surface area (Å²) in [6, 6.07) is 15.7. The third-order valence-electron chi connectivity index (χ3n) is 7.51. The first-order chi connectivity index (χ1) is 17.5. The molecule has 2 saturated heterocycles. The van der Waals surface area contributed by atoms with E-state index in [1.165, 1.54) is 11.1 Å². The number of benzene rings is 2. The summed E-state index contributed by atoms with van der Waals surface area (Å²) in [7, 11) is 1.72. The first-order valence-electron chi connectivity index (χ1n) is 13.1. The van der Waals surface area contributed by atoms with Crippen LogP contribution in [0.15, 0.2) is 48.5 Å². The molecule has 2 aliphatic rings. The molecule has 0 radical (unpaired) electrons. The number of nitrogens with one attached hydrogen (secondary N) is 1. The van der Waals surface area contributed by atoms with Crippen LogP contribution in [0.2, 0.25) is 0 Å². The highest BCUT2D eigenvalue weighted by Gasteiger charge is 2.43. The molecule has 0 aliphatic carbocycles. The molecule has 2 aromatic carbocycles. The minimum Gasteiger partial charge on any atom is -0.383 e. The lowest BCUT2D eigenvalue weighted by molar-refractivity contribution is -0.135. The monoisotopic (exact) mass is 492 g/mol. The van der Waals surface area contributed by atoms with Crippen LogP contribution < -0.4 is 5.32 Å². The Bertz CT molecular complexity index is 1020. The van der Waals surface area contributed by atoms with Crippen molar-refractivity contribution in [2.45, 2.75) is 45.3 Å². The molecule has 4 rings (SSSR count). The normalized spacial score (nSPS) is 20.6. The predicted octanol–water partition coefficient (Wildman–Crippen LogP) is 2.86. The van der Waals surface area contributed by atoms with Crippen LogP contribution in [0.25, 0.3) is 0 Å². The molecule has 1 N–H and O–H groups in total. The van der Waals surface area contributed by atoms with Gasteiger partial charge in [0.05, 0.1) is 6.61 Å². The van der Waals surface area contributed by atoms with Gasteiger partial charge in [-0.3, -0.25) is 14.5 Å². The number of nitrogens with zero attached hydrogens (tertiary/aromatic N) is 3. The molecule has 0 spiro atoms. The molecule has 36 heavy (non-hydrogen) atoms. The molecule has 2 aliphatic heterocycles. The Balaban J connectivity index is 1.60. The zero-order valence-electron chi connectivity index (χ0n) is 21.9. The number of hydrogen-bond acceptors (Lipinski definition) is 5. The largest absolute Gasteiger partial charge is 0.383 e. The number of aryl methyl sites for hydroxylation is 2. The molecule has 2 heterocycles. The topological polar surface area (TPSA) is 65.1 Å². The van der Waals surface area contributed by atoms with E-state index in [9.17, 15) is 9.59 Å². The number of rotatable bonds is 8. The van der Waals surface area contributed by atoms with E-state index in [4.69, 9.17) is 4.74 Å². The summed E-state index contributed by atoms with van der Waals surface area (Å²) in [5.41, 5.74) is 4.26. The highest BCUT2D eigenvalue weighted by Crippen LogP contribution is 2.28. The highest BCUT2D eigenvalue weighted by molar-refractivity contribution is 5.98. The molecular weight excluding hydrogens is 452 g/mol. The Morgan fingerprint density at radius 2 is 1.83 bits per heavy atom. The van der Waals surface area contributed by atoms with Gasteiger partial charge in [0.25, 0.3) is 5.91 Å². The van der Waals surface area contributed by atoms with Crippen LogP contribution in [0.5, 0.6) is 0 Å². The highest BCUT2D eigenvalue weighted by atomic mass is 16.5. The van der Waals surface area contributed by atoms with E-state index < -0.39 is 6.04 Å². The standard InChI is InChI=1S/C29H40N4O3/c1-22-9-11-24(12-10-22)28(34)33-21-26(19-27(33)29(35)31-15-6-13-30-14-16-31)32(17-18-36-3)20-25-8-5-4-7-23(25)2/h4-5,7-12,26-27,30H,6,13-21H2,1-3H3. The second-order valence-corrected chi connectivity index (χ2v) is 10.0. The Morgan fingerprint density at radius 3 is 2.58 bits per heavy atom. The van der Waals surface area contributed by atoms with Gasteiger partial charge in [0.1, 0.15) is 6.04 Å². The first-order valence-corrected chi connectivity index (χ1v) is 13.1. The van der Waals surface area contributed by atoms with Crippen molar-refractivity contribution in [3.63, 3.8) is 0 Å². The van der Waals surface area contributed by atoms with Crippen LogP contribution in [0.4, 0.5) is 0 Å². The van der Waals surface area contributed by atoms with Gasteiger partial charge in [-0.15, -0.1) is 0 Å². The zero-order chi connectivity index (χ0) is 25.5. The predicted molar refractivity (Wildman–Crippen MR) is 142 cm³/mol. The van der Waals surface area contributed by atoms with Crippen LogP contribution in [0.1, 0.15) is 39.9 Å². The van der Waals surface area contributed by atoms with Crippen molar-refractivity contribution >= 4 is 11.8 Å². The second kappa shape index (κ2) is 12.5. The SMILES string of the molecule is COCCN(Cc1ccccc1C)C1CC(C(=O)N2CCCNCC2)N(C(=O)c2ccc(C)cc2)C1. The van der Waals surface area contributed by atoms with Gasteiger partial charge in [0.15, 0.2) is 0 Å². The number of carbonyl (C=O) groups is 2. The van der Waals surface area contributed by atoms with Gasteiger partial charge in [-0.25, -0.2) is 0 Å². The third-order valence-corrected chi connectivity index (χ3v) is 7.51. The van der Waals surface area contributed by atoms with E-state index >= 15 is 0 Å². The maximum atomic E-state index is 13.8. The number of ether oxygens (including phenoxy) is 1. The second-order valence-electron chi connectivity index (χ2n) is 10.0. The zero-order valence-corrected chi connectivity index (χ0v) is 21.9. The van der Waals surface area contributed by atoms with Crippen molar-refractivity contribution in [1.29, 1.82) is 0 Å². The lowest BCUT2D eigenvalue weighted by atomic mass is 10.1. The molecular formula is C29H40N4O3. The first kappa shape index (κ1) is 26.3. The van der Waals surface area contributed by atoms with Gasteiger partial charge in [0, 0.05) is 58.0 Å². The fraction of sp³-hybridized carbons (Fsp3) is 0.517. The fourth-order valence-electron chi connectivity index (χ4n) is 5.28. The molecule has 0 aromatic heterocycles. The van der Waals surface area contributed by atoms with Crippen molar-refractivity contribution in [1.82, 2.24) is 20.0 Å². The molecule has 0 saturated carbocycles. The van der Waals surface area contributed by atoms with Gasteiger partial charge in [-0.1, -0.05) is 42.0 Å². The molecule has 2 unspecified atom stereocenters. The van der Waals surface area contributed by atoms with Crippen LogP contribution in [-0.4, -0.2) is 91.6 Å². The van der Waals surface area contributed by atoms with Gasteiger partial charge < -0.3 is 19.9 Å². The van der Waals surface area contributed by atoms with Gasteiger partial charge >= 0.3 is 0 Å². The minimum absolute atomic E-state index is 0.0635. The number of methoxy groups -OCH3 is 1. The molecule has 0 bridgehead atoms. The van der Waals surface area contributed by atoms with E-state index in [1.54, 1.807) is 7.11 Å². The summed E-state index contributed by atoms with van der Waals surface area (Å²) in [5.74, 6) is 0.00984. The van der Waals surface area contributed by atoms with Crippen molar-refractivity contribution in [2.75, 3.05) is 53.0 Å². The summed E-state index contributed by atoms with van der Waals surface area (Å²) in [6.45, 7) is 9.92. The van der Waals surface area contributed by atoms with E-state index in [1.807, 2.05) is 41.0 Å². The number of likely N-dealkylation sites (tertiary alicyclic amines) is 1. The summed E-state index contributed by atoms with van der Waals surface area (Å²) < 4.78 is 5.43. The average molecular weight is 493 g/mol. The van der Waals surface area contributed by atoms with Crippen molar-refractivity contribution in [3.05, 3.63) is 70.8 Å². The minimum atomic E-state index is -0.455. The summed E-state index contributed by atoms with van der Waals surface area (Å²) >= 11 is 0. The van der Waals surface area contributed by atoms with Crippen molar-refractivity contribution < 1.29 is 14.3 Å². The fourth-order valence-corrected chi connectivity index (χ4v) is 5.28. The van der Waals surface area contributed by atoms with Crippen molar-refractivity contribution in [3.8, 4) is 0 Å². The van der Waals surface area contributed by atoms with Gasteiger partial charge in [0.2, 0.25) is 5.91 Å². The average Bonchev–Trinajstić information content (AvgIpc) is 3.14. The lowest BCUT2D eigenvalue weighted by Gasteiger charge is -2.29. The van der Waals surface area contributed by atoms with Crippen molar-refractivity contribution in [2.24, 2.45) is 0 Å². The number of amides is 2. The number of hydrogen-bond donors (Lipinski definition) is 1. The molecule has 7 heteroatoms. The number of carbonyl (C=O) groups excluding carboxylic acids is 2. The maximum absolute atomic E-state index is 13.8. The quantitative estimate of drug-likeness (QED) is 0.614. The van der Waals surface area contributed by atoms with E-state index in [0.717, 1.165) is 44.7 Å². The lowest BCUT2D eigenvalue weighted by Crippen LogP contribution is -2.48. The Morgan fingerprint density at radius 1 is 1.06 bits per heavy atom. The molecule has 194 valence electrons. The smallest absolute Gasteiger partial charge is 0.254 e. The van der Waals surface area contributed by atoms with E-state index in [0.29, 0.717) is 31.7 Å². The molecule has 2 atom stereocenters. The summed E-state index contributed by atoms with van der Waals surface area (Å²) in [4.78, 5) is 33.7. The van der Waals surface area contributed by atoms with E-state index in [-0.39, 0.29) is 17.9 Å². The van der Waals surface area contributed by atoms with Crippen LogP contribution in [0, 0.1) is 13.8 Å². The Kier molecular flexibility index (Phi) is 9.13. The third kappa shape index (κ3) is 6.33. The van der Waals surface area contributed by atoms with Gasteiger partial charge in [-0.2, -0.15) is 0 Å². The Hall–Kier alpha value is -2.74. The van der Waals surface area contributed by atoms with E-state index in [2.05, 4.69) is 41.4 Å². The maximum Gasteiger partial charge on any atom is 0.254 e. The van der Waals surface area contributed by atoms with Gasteiger partial charge in [-0.05, 0) is 56.5 Å². The van der Waals surface area contributed by atoms with Crippen LogP contribution in [0.3, 0.4) is 0 Å². The molecule has 2 fully saturated rings. The van der Waals surface area contributed by atoms with Crippen LogP contribution in [-0.2, 0) is 16.1 Å². The summed E-state index contributed by atoms with van der Waals surface area (Å²) in [5, 5.41) is 3.37. The molecule has 2 aromatic rings.